The quantitative estimate of drug-likeness (QED) is 0.428. The Morgan fingerprint density at radius 2 is 1.79 bits per heavy atom. The van der Waals surface area contributed by atoms with Crippen molar-refractivity contribution in [1.82, 2.24) is 0 Å². The first-order chi connectivity index (χ1) is 11.8. The van der Waals surface area contributed by atoms with Gasteiger partial charge >= 0.3 is 0 Å². The fraction of sp³-hybridized carbons (Fsp3) is 0.150. The number of pyridine rings is 1. The molecule has 0 aliphatic carbocycles. The Labute approximate surface area is 138 Å². The van der Waals surface area contributed by atoms with Crippen LogP contribution in [-0.4, -0.2) is 11.9 Å². The molecule has 2 heterocycles. The zero-order chi connectivity index (χ0) is 16.3. The van der Waals surface area contributed by atoms with Crippen LogP contribution in [0.25, 0.3) is 32.4 Å². The van der Waals surface area contributed by atoms with Crippen molar-refractivity contribution in [1.29, 1.82) is 0 Å². The van der Waals surface area contributed by atoms with Gasteiger partial charge in [-0.1, -0.05) is 18.2 Å². The van der Waals surface area contributed by atoms with E-state index in [-0.39, 0.29) is 6.79 Å². The van der Waals surface area contributed by atoms with Crippen LogP contribution in [0.15, 0.2) is 48.7 Å². The third-order valence-corrected chi connectivity index (χ3v) is 4.77. The van der Waals surface area contributed by atoms with Crippen molar-refractivity contribution in [3.05, 3.63) is 48.7 Å². The molecule has 0 unspecified atom stereocenters. The molecule has 118 valence electrons. The highest BCUT2D eigenvalue weighted by Crippen LogP contribution is 2.39. The Morgan fingerprint density at radius 3 is 2.62 bits per heavy atom. The largest absolute Gasteiger partial charge is 0.507 e. The number of phenolic OH excluding ortho intramolecular Hbond substituents is 1. The first-order valence-corrected chi connectivity index (χ1v) is 8.06. The first-order valence-electron chi connectivity index (χ1n) is 8.06. The second kappa shape index (κ2) is 4.74. The summed E-state index contributed by atoms with van der Waals surface area (Å²) in [6.45, 7) is 3.19. The lowest BCUT2D eigenvalue weighted by atomic mass is 10.00. The van der Waals surface area contributed by atoms with Crippen molar-refractivity contribution in [3.8, 4) is 17.2 Å². The van der Waals surface area contributed by atoms with E-state index in [2.05, 4.69) is 35.8 Å². The van der Waals surface area contributed by atoms with Crippen molar-refractivity contribution in [3.63, 3.8) is 0 Å². The smallest absolute Gasteiger partial charge is 0.231 e. The van der Waals surface area contributed by atoms with E-state index in [1.807, 2.05) is 18.3 Å². The molecule has 1 aliphatic rings. The summed E-state index contributed by atoms with van der Waals surface area (Å²) in [6, 6.07) is 14.0. The highest BCUT2D eigenvalue weighted by Gasteiger charge is 2.21. The SMILES string of the molecule is CC[n+]1cc2c(O)cccc2c2ccc3cc4c(cc3c21)OCO4. The molecule has 0 amide bonds. The maximum absolute atomic E-state index is 10.2. The zero-order valence-corrected chi connectivity index (χ0v) is 13.2. The van der Waals surface area contributed by atoms with Crippen LogP contribution in [0.2, 0.25) is 0 Å². The number of fused-ring (bicyclic) bond motifs is 6. The molecule has 1 aromatic heterocycles. The maximum Gasteiger partial charge on any atom is 0.231 e. The van der Waals surface area contributed by atoms with E-state index in [0.717, 1.165) is 50.5 Å². The Bertz CT molecular complexity index is 1130. The summed E-state index contributed by atoms with van der Waals surface area (Å²) in [4.78, 5) is 0. The molecular weight excluding hydrogens is 302 g/mol. The van der Waals surface area contributed by atoms with Crippen LogP contribution >= 0.6 is 0 Å². The summed E-state index contributed by atoms with van der Waals surface area (Å²) in [5.41, 5.74) is 1.14. The van der Waals surface area contributed by atoms with Crippen molar-refractivity contribution in [2.45, 2.75) is 13.5 Å². The van der Waals surface area contributed by atoms with E-state index in [1.54, 1.807) is 6.07 Å². The van der Waals surface area contributed by atoms with Gasteiger partial charge in [-0.05, 0) is 36.6 Å². The number of aromatic hydroxyl groups is 1. The van der Waals surface area contributed by atoms with Gasteiger partial charge in [0.2, 0.25) is 12.3 Å². The molecule has 0 spiro atoms. The molecule has 4 heteroatoms. The van der Waals surface area contributed by atoms with Gasteiger partial charge < -0.3 is 14.6 Å². The number of hydrogen-bond donors (Lipinski definition) is 1. The maximum atomic E-state index is 10.2. The van der Waals surface area contributed by atoms with Crippen LogP contribution < -0.4 is 14.0 Å². The van der Waals surface area contributed by atoms with E-state index in [1.165, 1.54) is 0 Å². The molecule has 3 aromatic carbocycles. The average molecular weight is 318 g/mol. The third-order valence-electron chi connectivity index (χ3n) is 4.77. The van der Waals surface area contributed by atoms with Gasteiger partial charge in [-0.2, -0.15) is 4.57 Å². The van der Waals surface area contributed by atoms with Gasteiger partial charge in [0, 0.05) is 5.39 Å². The fourth-order valence-electron chi connectivity index (χ4n) is 3.62. The molecule has 0 atom stereocenters. The molecule has 1 aliphatic heterocycles. The van der Waals surface area contributed by atoms with E-state index >= 15 is 0 Å². The van der Waals surface area contributed by atoms with Gasteiger partial charge in [-0.3, -0.25) is 0 Å². The van der Waals surface area contributed by atoms with Crippen molar-refractivity contribution >= 4 is 32.4 Å². The predicted molar refractivity (Wildman–Crippen MR) is 92.6 cm³/mol. The molecule has 4 nitrogen and oxygen atoms in total. The summed E-state index contributed by atoms with van der Waals surface area (Å²) in [6.07, 6.45) is 2.02. The van der Waals surface area contributed by atoms with E-state index in [4.69, 9.17) is 9.47 Å². The lowest BCUT2D eigenvalue weighted by Crippen LogP contribution is -2.33. The minimum absolute atomic E-state index is 0.272. The lowest BCUT2D eigenvalue weighted by Gasteiger charge is -2.09. The van der Waals surface area contributed by atoms with Gasteiger partial charge in [0.15, 0.2) is 17.7 Å². The zero-order valence-electron chi connectivity index (χ0n) is 13.2. The summed E-state index contributed by atoms with van der Waals surface area (Å²) >= 11 is 0. The van der Waals surface area contributed by atoms with Crippen LogP contribution in [0.3, 0.4) is 0 Å². The number of aromatic nitrogens is 1. The number of nitrogens with zero attached hydrogens (tertiary/aromatic N) is 1. The van der Waals surface area contributed by atoms with Crippen LogP contribution in [0.1, 0.15) is 6.92 Å². The number of ether oxygens (including phenoxy) is 2. The molecule has 0 fully saturated rings. The number of aryl methyl sites for hydroxylation is 1. The van der Waals surface area contributed by atoms with Gasteiger partial charge in [-0.15, -0.1) is 0 Å². The minimum atomic E-state index is 0.272. The fourth-order valence-corrected chi connectivity index (χ4v) is 3.62. The van der Waals surface area contributed by atoms with E-state index < -0.39 is 0 Å². The van der Waals surface area contributed by atoms with Crippen molar-refractivity contribution < 1.29 is 19.1 Å². The molecular formula is C20H16NO3+. The molecule has 0 saturated carbocycles. The Morgan fingerprint density at radius 1 is 0.958 bits per heavy atom. The number of benzene rings is 3. The lowest BCUT2D eigenvalue weighted by molar-refractivity contribution is -0.665. The second-order valence-corrected chi connectivity index (χ2v) is 6.04. The highest BCUT2D eigenvalue weighted by molar-refractivity contribution is 6.14. The molecule has 0 saturated heterocycles. The molecule has 24 heavy (non-hydrogen) atoms. The van der Waals surface area contributed by atoms with Crippen LogP contribution in [0, 0.1) is 0 Å². The standard InChI is InChI=1S/C20H15NO3/c1-2-21-10-16-13(4-3-5-17(16)22)14-7-6-12-8-18-19(24-11-23-18)9-15(12)20(14)21/h3-10H,2,11H2,1H3/p+1. The van der Waals surface area contributed by atoms with Gasteiger partial charge in [-0.25, -0.2) is 0 Å². The first kappa shape index (κ1) is 13.4. The summed E-state index contributed by atoms with van der Waals surface area (Å²) in [7, 11) is 0. The average Bonchev–Trinajstić information content (AvgIpc) is 3.06. The summed E-state index contributed by atoms with van der Waals surface area (Å²) in [5, 5.41) is 15.5. The molecule has 0 bridgehead atoms. The summed E-state index contributed by atoms with van der Waals surface area (Å²) < 4.78 is 13.2. The number of rotatable bonds is 1. The van der Waals surface area contributed by atoms with Crippen LogP contribution in [0.5, 0.6) is 17.2 Å². The summed E-state index contributed by atoms with van der Waals surface area (Å²) in [5.74, 6) is 1.89. The van der Waals surface area contributed by atoms with Gasteiger partial charge in [0.25, 0.3) is 0 Å². The Balaban J connectivity index is 2.02. The molecule has 5 rings (SSSR count). The van der Waals surface area contributed by atoms with Crippen LogP contribution in [0.4, 0.5) is 0 Å². The van der Waals surface area contributed by atoms with Gasteiger partial charge in [0.1, 0.15) is 12.3 Å². The Kier molecular flexibility index (Phi) is 2.65. The molecule has 1 N–H and O–H groups in total. The van der Waals surface area contributed by atoms with Gasteiger partial charge in [0.05, 0.1) is 16.2 Å². The Hall–Kier alpha value is -3.01. The van der Waals surface area contributed by atoms with Crippen molar-refractivity contribution in [2.75, 3.05) is 6.79 Å². The van der Waals surface area contributed by atoms with E-state index in [9.17, 15) is 5.11 Å². The van der Waals surface area contributed by atoms with Crippen LogP contribution in [-0.2, 0) is 6.54 Å². The highest BCUT2D eigenvalue weighted by atomic mass is 16.7. The monoisotopic (exact) mass is 318 g/mol. The molecule has 4 aromatic rings. The number of phenols is 1. The minimum Gasteiger partial charge on any atom is -0.507 e. The number of hydrogen-bond acceptors (Lipinski definition) is 3. The topological polar surface area (TPSA) is 42.6 Å². The molecule has 0 radical (unpaired) electrons. The second-order valence-electron chi connectivity index (χ2n) is 6.04. The van der Waals surface area contributed by atoms with E-state index in [0.29, 0.717) is 5.75 Å². The third kappa shape index (κ3) is 1.71. The normalized spacial score (nSPS) is 13.2. The predicted octanol–water partition coefficient (Wildman–Crippen LogP) is 3.89. The van der Waals surface area contributed by atoms with Crippen molar-refractivity contribution in [2.24, 2.45) is 0 Å².